The van der Waals surface area contributed by atoms with Crippen LogP contribution in [0.4, 0.5) is 8.78 Å². The van der Waals surface area contributed by atoms with E-state index < -0.39 is 11.6 Å². The molecule has 0 unspecified atom stereocenters. The first-order valence-electron chi connectivity index (χ1n) is 11.2. The fourth-order valence-electron chi connectivity index (χ4n) is 5.48. The summed E-state index contributed by atoms with van der Waals surface area (Å²) in [6.45, 7) is 2.11. The van der Waals surface area contributed by atoms with E-state index in [0.717, 1.165) is 36.2 Å². The molecule has 3 heteroatoms. The number of ether oxygens (including phenoxy) is 1. The lowest BCUT2D eigenvalue weighted by atomic mass is 9.68. The molecule has 0 bridgehead atoms. The van der Waals surface area contributed by atoms with Gasteiger partial charge in [0.25, 0.3) is 0 Å². The second-order valence-electron chi connectivity index (χ2n) is 8.99. The Bertz CT molecular complexity index is 615. The van der Waals surface area contributed by atoms with Crippen LogP contribution < -0.4 is 0 Å². The van der Waals surface area contributed by atoms with Crippen LogP contribution in [-0.4, -0.2) is 7.11 Å². The first-order valence-corrected chi connectivity index (χ1v) is 11.2. The Morgan fingerprint density at radius 3 is 2.04 bits per heavy atom. The van der Waals surface area contributed by atoms with Crippen LogP contribution in [-0.2, 0) is 17.8 Å². The van der Waals surface area contributed by atoms with Crippen molar-refractivity contribution >= 4 is 0 Å². The zero-order valence-corrected chi connectivity index (χ0v) is 17.6. The molecule has 1 aromatic carbocycles. The molecule has 156 valence electrons. The quantitative estimate of drug-likeness (QED) is 0.446. The number of benzene rings is 1. The predicted octanol–water partition coefficient (Wildman–Crippen LogP) is 7.23. The minimum Gasteiger partial charge on any atom is -0.380 e. The van der Waals surface area contributed by atoms with Gasteiger partial charge >= 0.3 is 0 Å². The summed E-state index contributed by atoms with van der Waals surface area (Å²) in [5.41, 5.74) is 0.815. The molecule has 0 heterocycles. The third-order valence-corrected chi connectivity index (χ3v) is 7.17. The van der Waals surface area contributed by atoms with Crippen molar-refractivity contribution in [2.24, 2.45) is 23.7 Å². The van der Waals surface area contributed by atoms with Crippen molar-refractivity contribution in [3.63, 3.8) is 0 Å². The molecule has 1 nitrogen and oxygen atoms in total. The number of halogens is 2. The van der Waals surface area contributed by atoms with E-state index in [1.807, 2.05) is 0 Å². The summed E-state index contributed by atoms with van der Waals surface area (Å²) in [6, 6.07) is 2.98. The molecule has 0 atom stereocenters. The van der Waals surface area contributed by atoms with E-state index >= 15 is 0 Å². The Morgan fingerprint density at radius 2 is 1.50 bits per heavy atom. The van der Waals surface area contributed by atoms with E-state index in [9.17, 15) is 8.78 Å². The lowest BCUT2D eigenvalue weighted by Gasteiger charge is -2.37. The molecule has 0 N–H and O–H groups in total. The van der Waals surface area contributed by atoms with Gasteiger partial charge < -0.3 is 4.74 Å². The van der Waals surface area contributed by atoms with E-state index in [2.05, 4.69) is 19.1 Å². The molecule has 0 aliphatic heterocycles. The molecule has 0 saturated heterocycles. The van der Waals surface area contributed by atoms with Gasteiger partial charge in [0.2, 0.25) is 0 Å². The van der Waals surface area contributed by atoms with E-state index in [4.69, 9.17) is 4.74 Å². The average molecular weight is 391 g/mol. The predicted molar refractivity (Wildman–Crippen MR) is 111 cm³/mol. The molecule has 1 aromatic rings. The van der Waals surface area contributed by atoms with Crippen LogP contribution >= 0.6 is 0 Å². The first-order chi connectivity index (χ1) is 13.6. The molecule has 2 fully saturated rings. The summed E-state index contributed by atoms with van der Waals surface area (Å²) < 4.78 is 33.0. The summed E-state index contributed by atoms with van der Waals surface area (Å²) in [4.78, 5) is 0. The molecule has 0 amide bonds. The topological polar surface area (TPSA) is 9.23 Å². The van der Waals surface area contributed by atoms with Crippen LogP contribution in [0.2, 0.25) is 0 Å². The summed E-state index contributed by atoms with van der Waals surface area (Å²) in [5, 5.41) is 0. The zero-order chi connectivity index (χ0) is 19.9. The first kappa shape index (κ1) is 21.5. The standard InChI is InChI=1S/C25H36F2O/c1-3-4-18-7-11-21(12-8-18)22-13-9-19(10-14-22)5-6-20-15-24(26)23(17-28-2)25(27)16-20/h3-4,15-16,18-19,21-22H,5-14,17H2,1-2H3/b4-3+/t18-,19?,21-,22?. The summed E-state index contributed by atoms with van der Waals surface area (Å²) in [6.07, 6.45) is 17.2. The highest BCUT2D eigenvalue weighted by atomic mass is 19.1. The van der Waals surface area contributed by atoms with Gasteiger partial charge in [-0.05, 0) is 99.7 Å². The normalized spacial score (nSPS) is 28.7. The lowest BCUT2D eigenvalue weighted by Crippen LogP contribution is -2.25. The monoisotopic (exact) mass is 390 g/mol. The molecule has 3 rings (SSSR count). The highest BCUT2D eigenvalue weighted by Gasteiger charge is 2.30. The second kappa shape index (κ2) is 10.5. The maximum atomic E-state index is 14.1. The molecule has 0 radical (unpaired) electrons. The number of allylic oxidation sites excluding steroid dienone is 2. The van der Waals surface area contributed by atoms with Crippen molar-refractivity contribution in [2.45, 2.75) is 77.7 Å². The minimum atomic E-state index is -0.478. The van der Waals surface area contributed by atoms with Gasteiger partial charge in [0.1, 0.15) is 11.6 Å². The third-order valence-electron chi connectivity index (χ3n) is 7.17. The van der Waals surface area contributed by atoms with Gasteiger partial charge in [-0.25, -0.2) is 8.78 Å². The van der Waals surface area contributed by atoms with Crippen LogP contribution in [0.3, 0.4) is 0 Å². The Labute approximate surface area is 169 Å². The smallest absolute Gasteiger partial charge is 0.131 e. The van der Waals surface area contributed by atoms with Crippen molar-refractivity contribution in [1.29, 1.82) is 0 Å². The number of rotatable bonds is 7. The van der Waals surface area contributed by atoms with E-state index in [1.54, 1.807) is 0 Å². The third kappa shape index (κ3) is 5.65. The number of hydrogen-bond acceptors (Lipinski definition) is 1. The largest absolute Gasteiger partial charge is 0.380 e. The van der Waals surface area contributed by atoms with Gasteiger partial charge in [0.05, 0.1) is 6.61 Å². The van der Waals surface area contributed by atoms with Crippen molar-refractivity contribution < 1.29 is 13.5 Å². The van der Waals surface area contributed by atoms with Crippen molar-refractivity contribution in [1.82, 2.24) is 0 Å². The maximum absolute atomic E-state index is 14.1. The molecule has 2 saturated carbocycles. The highest BCUT2D eigenvalue weighted by Crippen LogP contribution is 2.42. The van der Waals surface area contributed by atoms with E-state index in [1.165, 1.54) is 70.6 Å². The Hall–Kier alpha value is -1.22. The van der Waals surface area contributed by atoms with Crippen LogP contribution in [0.25, 0.3) is 0 Å². The van der Waals surface area contributed by atoms with Gasteiger partial charge in [-0.2, -0.15) is 0 Å². The minimum absolute atomic E-state index is 0.0153. The van der Waals surface area contributed by atoms with Crippen molar-refractivity contribution in [3.05, 3.63) is 47.0 Å². The summed E-state index contributed by atoms with van der Waals surface area (Å²) in [7, 11) is 1.46. The number of aryl methyl sites for hydroxylation is 1. The molecule has 2 aliphatic rings. The van der Waals surface area contributed by atoms with Crippen molar-refractivity contribution in [2.75, 3.05) is 7.11 Å². The molecular weight excluding hydrogens is 354 g/mol. The summed E-state index contributed by atoms with van der Waals surface area (Å²) >= 11 is 0. The van der Waals surface area contributed by atoms with Gasteiger partial charge in [-0.15, -0.1) is 0 Å². The zero-order valence-electron chi connectivity index (χ0n) is 17.6. The fourth-order valence-corrected chi connectivity index (χ4v) is 5.48. The number of hydrogen-bond donors (Lipinski definition) is 0. The molecule has 0 aromatic heterocycles. The highest BCUT2D eigenvalue weighted by molar-refractivity contribution is 5.26. The average Bonchev–Trinajstić information content (AvgIpc) is 2.70. The Morgan fingerprint density at radius 1 is 0.929 bits per heavy atom. The van der Waals surface area contributed by atoms with Gasteiger partial charge in [-0.3, -0.25) is 0 Å². The Kier molecular flexibility index (Phi) is 8.08. The van der Waals surface area contributed by atoms with E-state index in [0.29, 0.717) is 5.92 Å². The van der Waals surface area contributed by atoms with Crippen molar-refractivity contribution in [3.8, 4) is 0 Å². The van der Waals surface area contributed by atoms with Gasteiger partial charge in [0, 0.05) is 12.7 Å². The van der Waals surface area contributed by atoms with Crippen LogP contribution in [0.15, 0.2) is 24.3 Å². The second-order valence-corrected chi connectivity index (χ2v) is 8.99. The summed E-state index contributed by atoms with van der Waals surface area (Å²) in [5.74, 6) is 2.40. The van der Waals surface area contributed by atoms with Crippen LogP contribution in [0.1, 0.15) is 75.8 Å². The molecule has 28 heavy (non-hydrogen) atoms. The molecular formula is C25H36F2O. The van der Waals surface area contributed by atoms with Crippen LogP contribution in [0, 0.1) is 35.3 Å². The maximum Gasteiger partial charge on any atom is 0.131 e. The van der Waals surface area contributed by atoms with E-state index in [-0.39, 0.29) is 12.2 Å². The number of methoxy groups -OCH3 is 1. The fraction of sp³-hybridized carbons (Fsp3) is 0.680. The lowest BCUT2D eigenvalue weighted by molar-refractivity contribution is 0.152. The van der Waals surface area contributed by atoms with Gasteiger partial charge in [-0.1, -0.05) is 25.0 Å². The molecule has 2 aliphatic carbocycles. The van der Waals surface area contributed by atoms with Crippen LogP contribution in [0.5, 0.6) is 0 Å². The SMILES string of the molecule is C/C=C/[C@H]1CC[C@H](C2CCC(CCc3cc(F)c(COC)c(F)c3)CC2)CC1. The molecule has 0 spiro atoms. The Balaban J connectivity index is 1.43. The van der Waals surface area contributed by atoms with Gasteiger partial charge in [0.15, 0.2) is 0 Å².